The third-order valence-corrected chi connectivity index (χ3v) is 4.60. The number of hydrogen-bond donors (Lipinski definition) is 2. The molecule has 0 saturated carbocycles. The molecule has 0 aliphatic carbocycles. The number of carbonyl (C=O) groups excluding carboxylic acids is 2. The third kappa shape index (κ3) is 4.40. The van der Waals surface area contributed by atoms with Crippen molar-refractivity contribution in [3.8, 4) is 5.69 Å². The molecule has 0 aliphatic rings. The maximum absolute atomic E-state index is 12.8. The number of amides is 2. The van der Waals surface area contributed by atoms with Crippen molar-refractivity contribution in [3.63, 3.8) is 0 Å². The number of rotatable bonds is 5. The number of nitrogens with one attached hydrogen (secondary N) is 2. The van der Waals surface area contributed by atoms with Gasteiger partial charge in [-0.25, -0.2) is 4.68 Å². The molecule has 0 radical (unpaired) electrons. The highest BCUT2D eigenvalue weighted by Crippen LogP contribution is 2.20. The molecular formula is C21H21ClN4O2. The van der Waals surface area contributed by atoms with Gasteiger partial charge in [-0.15, -0.1) is 0 Å². The van der Waals surface area contributed by atoms with Crippen LogP contribution in [0, 0.1) is 6.92 Å². The number of halogens is 1. The van der Waals surface area contributed by atoms with Crippen molar-refractivity contribution >= 4 is 29.1 Å². The lowest BCUT2D eigenvalue weighted by Gasteiger charge is -2.15. The summed E-state index contributed by atoms with van der Waals surface area (Å²) < 4.78 is 1.68. The molecule has 0 fully saturated rings. The number of benzene rings is 2. The summed E-state index contributed by atoms with van der Waals surface area (Å²) >= 11 is 6.05. The van der Waals surface area contributed by atoms with Crippen molar-refractivity contribution < 1.29 is 9.59 Å². The second kappa shape index (κ2) is 8.27. The van der Waals surface area contributed by atoms with Crippen LogP contribution in [0.15, 0.2) is 54.7 Å². The lowest BCUT2D eigenvalue weighted by Crippen LogP contribution is -2.27. The molecule has 1 atom stereocenters. The Morgan fingerprint density at radius 2 is 1.89 bits per heavy atom. The molecule has 2 aromatic carbocycles. The zero-order chi connectivity index (χ0) is 20.3. The SMILES string of the molecule is CC(=O)Nc1cccc(C(C)NC(=O)c2cnn(-c3cccc(Cl)c3)c2C)c1. The second-order valence-electron chi connectivity index (χ2n) is 6.54. The highest BCUT2D eigenvalue weighted by atomic mass is 35.5. The van der Waals surface area contributed by atoms with Gasteiger partial charge in [0, 0.05) is 17.6 Å². The standard InChI is InChI=1S/C21H21ClN4O2/c1-13(16-6-4-8-18(10-16)25-15(3)27)24-21(28)20-12-23-26(14(20)2)19-9-5-7-17(22)11-19/h4-13H,1-3H3,(H,24,28)(H,25,27). The molecule has 0 spiro atoms. The molecule has 6 nitrogen and oxygen atoms in total. The zero-order valence-electron chi connectivity index (χ0n) is 15.9. The van der Waals surface area contributed by atoms with Gasteiger partial charge in [-0.05, 0) is 49.7 Å². The minimum absolute atomic E-state index is 0.141. The maximum atomic E-state index is 12.8. The summed E-state index contributed by atoms with van der Waals surface area (Å²) in [6.07, 6.45) is 1.55. The predicted octanol–water partition coefficient (Wildman–Crippen LogP) is 4.28. The second-order valence-corrected chi connectivity index (χ2v) is 6.97. The quantitative estimate of drug-likeness (QED) is 0.675. The van der Waals surface area contributed by atoms with Crippen LogP contribution in [0.25, 0.3) is 5.69 Å². The molecule has 1 heterocycles. The molecule has 3 rings (SSSR count). The first-order valence-corrected chi connectivity index (χ1v) is 9.22. The van der Waals surface area contributed by atoms with E-state index in [0.29, 0.717) is 16.3 Å². The summed E-state index contributed by atoms with van der Waals surface area (Å²) in [4.78, 5) is 24.0. The van der Waals surface area contributed by atoms with Gasteiger partial charge in [-0.3, -0.25) is 9.59 Å². The summed E-state index contributed by atoms with van der Waals surface area (Å²) in [6, 6.07) is 14.4. The first kappa shape index (κ1) is 19.6. The van der Waals surface area contributed by atoms with E-state index in [1.165, 1.54) is 6.92 Å². The molecule has 3 aromatic rings. The summed E-state index contributed by atoms with van der Waals surface area (Å²) in [6.45, 7) is 5.19. The number of anilines is 1. The van der Waals surface area contributed by atoms with Crippen molar-refractivity contribution in [2.24, 2.45) is 0 Å². The van der Waals surface area contributed by atoms with Gasteiger partial charge in [0.2, 0.25) is 5.91 Å². The van der Waals surface area contributed by atoms with Crippen LogP contribution in [0.1, 0.15) is 41.5 Å². The van der Waals surface area contributed by atoms with Crippen molar-refractivity contribution in [1.82, 2.24) is 15.1 Å². The van der Waals surface area contributed by atoms with Gasteiger partial charge in [-0.2, -0.15) is 5.10 Å². The van der Waals surface area contributed by atoms with E-state index in [4.69, 9.17) is 11.6 Å². The Balaban J connectivity index is 1.77. The molecule has 0 bridgehead atoms. The van der Waals surface area contributed by atoms with Crippen LogP contribution in [-0.4, -0.2) is 21.6 Å². The van der Waals surface area contributed by atoms with Gasteiger partial charge in [0.1, 0.15) is 0 Å². The van der Waals surface area contributed by atoms with E-state index in [1.807, 2.05) is 44.2 Å². The Morgan fingerprint density at radius 3 is 2.61 bits per heavy atom. The van der Waals surface area contributed by atoms with Gasteiger partial charge in [0.25, 0.3) is 5.91 Å². The van der Waals surface area contributed by atoms with E-state index < -0.39 is 0 Å². The molecule has 2 amide bonds. The van der Waals surface area contributed by atoms with Crippen LogP contribution < -0.4 is 10.6 Å². The summed E-state index contributed by atoms with van der Waals surface area (Å²) in [7, 11) is 0. The predicted molar refractivity (Wildman–Crippen MR) is 110 cm³/mol. The van der Waals surface area contributed by atoms with E-state index >= 15 is 0 Å². The maximum Gasteiger partial charge on any atom is 0.255 e. The van der Waals surface area contributed by atoms with Gasteiger partial charge in [0.05, 0.1) is 29.2 Å². The normalized spacial score (nSPS) is 11.7. The zero-order valence-corrected chi connectivity index (χ0v) is 16.6. The van der Waals surface area contributed by atoms with E-state index in [9.17, 15) is 9.59 Å². The fourth-order valence-corrected chi connectivity index (χ4v) is 3.13. The number of carbonyl (C=O) groups is 2. The van der Waals surface area contributed by atoms with Gasteiger partial charge in [-0.1, -0.05) is 29.8 Å². The smallest absolute Gasteiger partial charge is 0.255 e. The number of hydrogen-bond acceptors (Lipinski definition) is 3. The third-order valence-electron chi connectivity index (χ3n) is 4.36. The topological polar surface area (TPSA) is 76.0 Å². The Kier molecular flexibility index (Phi) is 5.80. The van der Waals surface area contributed by atoms with Crippen LogP contribution in [0.3, 0.4) is 0 Å². The monoisotopic (exact) mass is 396 g/mol. The van der Waals surface area contributed by atoms with Crippen LogP contribution in [0.4, 0.5) is 5.69 Å². The fraction of sp³-hybridized carbons (Fsp3) is 0.190. The van der Waals surface area contributed by atoms with Crippen LogP contribution in [0.5, 0.6) is 0 Å². The van der Waals surface area contributed by atoms with Gasteiger partial charge in [0.15, 0.2) is 0 Å². The number of aromatic nitrogens is 2. The highest BCUT2D eigenvalue weighted by Gasteiger charge is 2.18. The molecule has 1 aromatic heterocycles. The van der Waals surface area contributed by atoms with Gasteiger partial charge < -0.3 is 10.6 Å². The average Bonchev–Trinajstić information content (AvgIpc) is 3.03. The molecule has 1 unspecified atom stereocenters. The molecule has 7 heteroatoms. The van der Waals surface area contributed by atoms with Crippen LogP contribution in [-0.2, 0) is 4.79 Å². The molecule has 0 aliphatic heterocycles. The Bertz CT molecular complexity index is 1030. The van der Waals surface area contributed by atoms with E-state index in [2.05, 4.69) is 15.7 Å². The lowest BCUT2D eigenvalue weighted by atomic mass is 10.1. The van der Waals surface area contributed by atoms with Crippen molar-refractivity contribution in [2.75, 3.05) is 5.32 Å². The van der Waals surface area contributed by atoms with Gasteiger partial charge >= 0.3 is 0 Å². The highest BCUT2D eigenvalue weighted by molar-refractivity contribution is 6.30. The molecule has 0 saturated heterocycles. The molecule has 28 heavy (non-hydrogen) atoms. The van der Waals surface area contributed by atoms with Crippen molar-refractivity contribution in [2.45, 2.75) is 26.8 Å². The molecule has 144 valence electrons. The van der Waals surface area contributed by atoms with Crippen LogP contribution >= 0.6 is 11.6 Å². The number of nitrogens with zero attached hydrogens (tertiary/aromatic N) is 2. The molecular weight excluding hydrogens is 376 g/mol. The average molecular weight is 397 g/mol. The summed E-state index contributed by atoms with van der Waals surface area (Å²) in [5, 5.41) is 10.7. The lowest BCUT2D eigenvalue weighted by molar-refractivity contribution is -0.114. The first-order valence-electron chi connectivity index (χ1n) is 8.84. The largest absolute Gasteiger partial charge is 0.345 e. The molecule has 2 N–H and O–H groups in total. The minimum atomic E-state index is -0.241. The summed E-state index contributed by atoms with van der Waals surface area (Å²) in [5.41, 5.74) is 3.58. The Labute approximate surface area is 168 Å². The Hall–Kier alpha value is -3.12. The van der Waals surface area contributed by atoms with Crippen molar-refractivity contribution in [3.05, 3.63) is 76.6 Å². The Morgan fingerprint density at radius 1 is 1.14 bits per heavy atom. The van der Waals surface area contributed by atoms with E-state index in [-0.39, 0.29) is 17.9 Å². The van der Waals surface area contributed by atoms with Crippen molar-refractivity contribution in [1.29, 1.82) is 0 Å². The van der Waals surface area contributed by atoms with E-state index in [1.54, 1.807) is 29.1 Å². The fourth-order valence-electron chi connectivity index (χ4n) is 2.95. The van der Waals surface area contributed by atoms with Crippen LogP contribution in [0.2, 0.25) is 5.02 Å². The minimum Gasteiger partial charge on any atom is -0.345 e. The van der Waals surface area contributed by atoms with E-state index in [0.717, 1.165) is 16.9 Å². The summed E-state index contributed by atoms with van der Waals surface area (Å²) in [5.74, 6) is -0.360. The first-order chi connectivity index (χ1) is 13.3.